The van der Waals surface area contributed by atoms with E-state index >= 15 is 0 Å². The summed E-state index contributed by atoms with van der Waals surface area (Å²) in [6.07, 6.45) is -4.77. The normalized spacial score (nSPS) is 18.0. The molecule has 1 saturated heterocycles. The summed E-state index contributed by atoms with van der Waals surface area (Å²) in [7, 11) is 1.34. The topological polar surface area (TPSA) is 33.7 Å². The summed E-state index contributed by atoms with van der Waals surface area (Å²) in [6.45, 7) is 2.18. The van der Waals surface area contributed by atoms with Crippen molar-refractivity contribution in [3.8, 4) is 11.5 Å². The average molecular weight is 322 g/mol. The predicted octanol–water partition coefficient (Wildman–Crippen LogP) is 2.51. The zero-order valence-electron chi connectivity index (χ0n) is 12.1. The molecule has 0 radical (unpaired) electrons. The Morgan fingerprint density at radius 3 is 2.50 bits per heavy atom. The highest BCUT2D eigenvalue weighted by Crippen LogP contribution is 2.34. The summed E-state index contributed by atoms with van der Waals surface area (Å²) < 4.78 is 59.2. The molecule has 1 fully saturated rings. The van der Waals surface area contributed by atoms with Gasteiger partial charge in [-0.1, -0.05) is 0 Å². The zero-order valence-corrected chi connectivity index (χ0v) is 12.1. The first-order valence-corrected chi connectivity index (χ1v) is 6.89. The lowest BCUT2D eigenvalue weighted by atomic mass is 10.0. The Labute approximate surface area is 126 Å². The minimum atomic E-state index is -4.77. The second-order valence-electron chi connectivity index (χ2n) is 4.91. The van der Waals surface area contributed by atoms with E-state index in [0.29, 0.717) is 18.7 Å². The van der Waals surface area contributed by atoms with Crippen molar-refractivity contribution in [1.29, 1.82) is 0 Å². The lowest BCUT2D eigenvalue weighted by Gasteiger charge is -2.34. The van der Waals surface area contributed by atoms with E-state index in [-0.39, 0.29) is 11.5 Å². The molecular formula is C14H18F4N2O2. The van der Waals surface area contributed by atoms with Crippen molar-refractivity contribution in [2.45, 2.75) is 12.4 Å². The number of nitrogens with one attached hydrogen (secondary N) is 1. The lowest BCUT2D eigenvalue weighted by molar-refractivity contribution is -0.274. The monoisotopic (exact) mass is 322 g/mol. The van der Waals surface area contributed by atoms with E-state index in [1.54, 1.807) is 0 Å². The Bertz CT molecular complexity index is 490. The number of halogens is 4. The Kier molecular flexibility index (Phi) is 5.47. The Hall–Kier alpha value is -1.54. The number of piperazine rings is 1. The Morgan fingerprint density at radius 2 is 1.95 bits per heavy atom. The summed E-state index contributed by atoms with van der Waals surface area (Å²) in [6, 6.07) is 3.19. The Balaban J connectivity index is 2.24. The molecule has 0 amide bonds. The highest BCUT2D eigenvalue weighted by Gasteiger charge is 2.32. The van der Waals surface area contributed by atoms with Gasteiger partial charge in [-0.3, -0.25) is 4.90 Å². The van der Waals surface area contributed by atoms with E-state index in [2.05, 4.69) is 10.1 Å². The molecule has 1 heterocycles. The van der Waals surface area contributed by atoms with Crippen LogP contribution in [0.15, 0.2) is 18.2 Å². The van der Waals surface area contributed by atoms with Crippen molar-refractivity contribution in [2.24, 2.45) is 0 Å². The largest absolute Gasteiger partial charge is 0.573 e. The van der Waals surface area contributed by atoms with Crippen LogP contribution in [0, 0.1) is 0 Å². The number of hydrogen-bond donors (Lipinski definition) is 1. The SMILES string of the molecule is COc1cc(OC(F)(F)F)ccc1[C@@H](CF)N1CCNCC1. The van der Waals surface area contributed by atoms with Gasteiger partial charge in [-0.25, -0.2) is 4.39 Å². The zero-order chi connectivity index (χ0) is 16.2. The van der Waals surface area contributed by atoms with E-state index < -0.39 is 19.1 Å². The van der Waals surface area contributed by atoms with E-state index in [9.17, 15) is 17.6 Å². The van der Waals surface area contributed by atoms with Gasteiger partial charge in [-0.2, -0.15) is 0 Å². The molecule has 4 nitrogen and oxygen atoms in total. The molecule has 1 N–H and O–H groups in total. The third kappa shape index (κ3) is 4.23. The molecule has 0 aliphatic carbocycles. The molecule has 0 unspecified atom stereocenters. The van der Waals surface area contributed by atoms with E-state index in [1.165, 1.54) is 19.2 Å². The van der Waals surface area contributed by atoms with Crippen LogP contribution in [-0.2, 0) is 0 Å². The molecule has 0 aromatic heterocycles. The van der Waals surface area contributed by atoms with Crippen LogP contribution in [0.1, 0.15) is 11.6 Å². The maximum atomic E-state index is 13.5. The first kappa shape index (κ1) is 16.8. The summed E-state index contributed by atoms with van der Waals surface area (Å²) >= 11 is 0. The highest BCUT2D eigenvalue weighted by molar-refractivity contribution is 5.42. The fourth-order valence-electron chi connectivity index (χ4n) is 2.54. The smallest absolute Gasteiger partial charge is 0.496 e. The predicted molar refractivity (Wildman–Crippen MR) is 72.8 cm³/mol. The Morgan fingerprint density at radius 1 is 1.27 bits per heavy atom. The molecule has 0 bridgehead atoms. The standard InChI is InChI=1S/C14H18F4N2O2/c1-21-13-8-10(22-14(16,17)18)2-3-11(13)12(9-15)20-6-4-19-5-7-20/h2-3,8,12,19H,4-7,9H2,1H3/t12-/m1/s1. The van der Waals surface area contributed by atoms with Crippen molar-refractivity contribution in [2.75, 3.05) is 40.0 Å². The molecule has 0 saturated carbocycles. The number of benzene rings is 1. The van der Waals surface area contributed by atoms with Crippen molar-refractivity contribution < 1.29 is 27.0 Å². The minimum Gasteiger partial charge on any atom is -0.496 e. The van der Waals surface area contributed by atoms with Gasteiger partial charge in [0.1, 0.15) is 18.2 Å². The molecule has 1 aliphatic rings. The first-order chi connectivity index (χ1) is 10.4. The summed E-state index contributed by atoms with van der Waals surface area (Å²) in [5.41, 5.74) is 0.515. The van der Waals surface area contributed by atoms with Crippen LogP contribution in [0.5, 0.6) is 11.5 Å². The molecule has 1 atom stereocenters. The number of alkyl halides is 4. The van der Waals surface area contributed by atoms with Gasteiger partial charge >= 0.3 is 6.36 Å². The molecule has 2 rings (SSSR count). The molecule has 1 aromatic rings. The van der Waals surface area contributed by atoms with Gasteiger partial charge in [0, 0.05) is 37.8 Å². The quantitative estimate of drug-likeness (QED) is 0.845. The third-order valence-corrected chi connectivity index (χ3v) is 3.54. The number of ether oxygens (including phenoxy) is 2. The van der Waals surface area contributed by atoms with Gasteiger partial charge in [-0.05, 0) is 12.1 Å². The molecular weight excluding hydrogens is 304 g/mol. The van der Waals surface area contributed by atoms with Crippen LogP contribution in [-0.4, -0.2) is 51.2 Å². The summed E-state index contributed by atoms with van der Waals surface area (Å²) in [5, 5.41) is 3.17. The van der Waals surface area contributed by atoms with E-state index in [1.807, 2.05) is 4.90 Å². The van der Waals surface area contributed by atoms with Crippen molar-refractivity contribution >= 4 is 0 Å². The van der Waals surface area contributed by atoms with Crippen LogP contribution in [0.4, 0.5) is 17.6 Å². The van der Waals surface area contributed by atoms with Crippen molar-refractivity contribution in [1.82, 2.24) is 10.2 Å². The number of methoxy groups -OCH3 is 1. The molecule has 22 heavy (non-hydrogen) atoms. The number of nitrogens with zero attached hydrogens (tertiary/aromatic N) is 1. The maximum absolute atomic E-state index is 13.5. The molecule has 1 aliphatic heterocycles. The third-order valence-electron chi connectivity index (χ3n) is 3.54. The van der Waals surface area contributed by atoms with Crippen molar-refractivity contribution in [3.05, 3.63) is 23.8 Å². The van der Waals surface area contributed by atoms with Gasteiger partial charge in [0.2, 0.25) is 0 Å². The molecule has 0 spiro atoms. The molecule has 8 heteroatoms. The maximum Gasteiger partial charge on any atom is 0.573 e. The van der Waals surface area contributed by atoms with Gasteiger partial charge in [-0.15, -0.1) is 13.2 Å². The van der Waals surface area contributed by atoms with Crippen LogP contribution >= 0.6 is 0 Å². The van der Waals surface area contributed by atoms with Crippen LogP contribution in [0.3, 0.4) is 0 Å². The average Bonchev–Trinajstić information content (AvgIpc) is 2.48. The fourth-order valence-corrected chi connectivity index (χ4v) is 2.54. The first-order valence-electron chi connectivity index (χ1n) is 6.89. The second kappa shape index (κ2) is 7.15. The fraction of sp³-hybridized carbons (Fsp3) is 0.571. The summed E-state index contributed by atoms with van der Waals surface area (Å²) in [5.74, 6) is -0.200. The van der Waals surface area contributed by atoms with Crippen molar-refractivity contribution in [3.63, 3.8) is 0 Å². The van der Waals surface area contributed by atoms with Crippen LogP contribution in [0.2, 0.25) is 0 Å². The second-order valence-corrected chi connectivity index (χ2v) is 4.91. The van der Waals surface area contributed by atoms with Crippen LogP contribution in [0.25, 0.3) is 0 Å². The van der Waals surface area contributed by atoms with E-state index in [0.717, 1.165) is 19.2 Å². The molecule has 1 aromatic carbocycles. The highest BCUT2D eigenvalue weighted by atomic mass is 19.4. The van der Waals surface area contributed by atoms with Gasteiger partial charge < -0.3 is 14.8 Å². The van der Waals surface area contributed by atoms with Gasteiger partial charge in [0.05, 0.1) is 13.2 Å². The van der Waals surface area contributed by atoms with E-state index in [4.69, 9.17) is 4.74 Å². The van der Waals surface area contributed by atoms with Crippen LogP contribution < -0.4 is 14.8 Å². The van der Waals surface area contributed by atoms with Gasteiger partial charge in [0.15, 0.2) is 0 Å². The number of rotatable bonds is 5. The number of hydrogen-bond acceptors (Lipinski definition) is 4. The van der Waals surface area contributed by atoms with Gasteiger partial charge in [0.25, 0.3) is 0 Å². The molecule has 124 valence electrons. The lowest BCUT2D eigenvalue weighted by Crippen LogP contribution is -2.45. The minimum absolute atomic E-state index is 0.183. The summed E-state index contributed by atoms with van der Waals surface area (Å²) in [4.78, 5) is 1.94.